The van der Waals surface area contributed by atoms with Gasteiger partial charge in [-0.1, -0.05) is 25.4 Å². The Morgan fingerprint density at radius 2 is 1.90 bits per heavy atom. The highest BCUT2D eigenvalue weighted by atomic mass is 32.2. The minimum absolute atomic E-state index is 0.0220. The van der Waals surface area contributed by atoms with E-state index in [2.05, 4.69) is 15.0 Å². The second-order valence-corrected chi connectivity index (χ2v) is 11.8. The third-order valence-corrected chi connectivity index (χ3v) is 9.00. The Morgan fingerprint density at radius 3 is 2.55 bits per heavy atom. The first-order valence-corrected chi connectivity index (χ1v) is 15.2. The van der Waals surface area contributed by atoms with Crippen LogP contribution in [0.1, 0.15) is 43.5 Å². The highest BCUT2D eigenvalue weighted by Crippen LogP contribution is 2.32. The molecule has 0 spiro atoms. The number of sulfonamides is 1. The summed E-state index contributed by atoms with van der Waals surface area (Å²) >= 11 is 0. The SMILES string of the molecule is CCCOc1ccc(S(=O)(=O)N2CCN(CCO[N+](=O)O)CC2)cc1-c1nn2c(CCC)c(/C=N\O)c(C)c2c(=O)[nH]1. The van der Waals surface area contributed by atoms with E-state index < -0.39 is 20.7 Å². The number of nitrogens with one attached hydrogen (secondary N) is 1. The Labute approximate surface area is 242 Å². The molecular formula is C26H36N7O8S+. The molecule has 0 aliphatic carbocycles. The van der Waals surface area contributed by atoms with E-state index in [1.807, 2.05) is 18.7 Å². The van der Waals surface area contributed by atoms with Crippen LogP contribution in [0.3, 0.4) is 0 Å². The number of fused-ring (bicyclic) bond motifs is 1. The molecule has 15 nitrogen and oxygen atoms in total. The van der Waals surface area contributed by atoms with Crippen molar-refractivity contribution < 1.29 is 33.5 Å². The van der Waals surface area contributed by atoms with Crippen molar-refractivity contribution in [1.82, 2.24) is 23.8 Å². The monoisotopic (exact) mass is 606 g/mol. The number of benzene rings is 1. The predicted molar refractivity (Wildman–Crippen MR) is 152 cm³/mol. The van der Waals surface area contributed by atoms with Gasteiger partial charge in [-0.05, 0) is 43.5 Å². The quantitative estimate of drug-likeness (QED) is 0.148. The molecule has 1 aliphatic heterocycles. The van der Waals surface area contributed by atoms with Crippen molar-refractivity contribution in [2.45, 2.75) is 44.9 Å². The predicted octanol–water partition coefficient (Wildman–Crippen LogP) is 1.95. The van der Waals surface area contributed by atoms with Crippen LogP contribution in [0, 0.1) is 11.8 Å². The zero-order valence-electron chi connectivity index (χ0n) is 23.8. The Hall–Kier alpha value is -4.02. The highest BCUT2D eigenvalue weighted by molar-refractivity contribution is 7.89. The van der Waals surface area contributed by atoms with E-state index >= 15 is 0 Å². The number of ether oxygens (including phenoxy) is 1. The number of nitrogens with zero attached hydrogens (tertiary/aromatic N) is 6. The lowest BCUT2D eigenvalue weighted by Gasteiger charge is -2.33. The number of aryl methyl sites for hydroxylation is 2. The number of aromatic amines is 1. The summed E-state index contributed by atoms with van der Waals surface area (Å²) in [6.45, 7) is 7.63. The Bertz CT molecular complexity index is 1630. The van der Waals surface area contributed by atoms with Crippen LogP contribution < -0.4 is 10.3 Å². The summed E-state index contributed by atoms with van der Waals surface area (Å²) < 4.78 is 36.2. The van der Waals surface area contributed by atoms with Crippen molar-refractivity contribution in [3.63, 3.8) is 0 Å². The average Bonchev–Trinajstić information content (AvgIpc) is 3.23. The van der Waals surface area contributed by atoms with Gasteiger partial charge in [-0.3, -0.25) is 9.69 Å². The molecule has 3 aromatic rings. The van der Waals surface area contributed by atoms with Crippen LogP contribution in [0.5, 0.6) is 5.75 Å². The summed E-state index contributed by atoms with van der Waals surface area (Å²) in [5.41, 5.74) is 2.10. The van der Waals surface area contributed by atoms with E-state index in [1.165, 1.54) is 27.2 Å². The smallest absolute Gasteiger partial charge is 0.475 e. The average molecular weight is 607 g/mol. The molecule has 0 unspecified atom stereocenters. The Balaban J connectivity index is 1.73. The van der Waals surface area contributed by atoms with Crippen molar-refractivity contribution in [3.8, 4) is 17.1 Å². The lowest BCUT2D eigenvalue weighted by Crippen LogP contribution is -2.49. The van der Waals surface area contributed by atoms with Crippen LogP contribution in [0.4, 0.5) is 0 Å². The molecule has 42 heavy (non-hydrogen) atoms. The molecule has 3 heterocycles. The van der Waals surface area contributed by atoms with Gasteiger partial charge in [0.1, 0.15) is 16.2 Å². The fourth-order valence-corrected chi connectivity index (χ4v) is 6.48. The summed E-state index contributed by atoms with van der Waals surface area (Å²) in [5.74, 6) is 0.508. The van der Waals surface area contributed by atoms with Crippen molar-refractivity contribution >= 4 is 21.8 Å². The van der Waals surface area contributed by atoms with Gasteiger partial charge in [0.15, 0.2) is 12.4 Å². The van der Waals surface area contributed by atoms with Crippen molar-refractivity contribution in [2.75, 3.05) is 45.9 Å². The number of oxime groups is 1. The van der Waals surface area contributed by atoms with Gasteiger partial charge >= 0.3 is 5.09 Å². The van der Waals surface area contributed by atoms with E-state index in [-0.39, 0.29) is 30.4 Å². The Morgan fingerprint density at radius 1 is 1.17 bits per heavy atom. The molecule has 1 aromatic carbocycles. The third-order valence-electron chi connectivity index (χ3n) is 7.10. The van der Waals surface area contributed by atoms with Crippen LogP contribution >= 0.6 is 0 Å². The van der Waals surface area contributed by atoms with Crippen molar-refractivity contribution in [2.24, 2.45) is 5.16 Å². The van der Waals surface area contributed by atoms with Crippen molar-refractivity contribution in [1.29, 1.82) is 0 Å². The fraction of sp³-hybridized carbons (Fsp3) is 0.500. The molecule has 228 valence electrons. The van der Waals surface area contributed by atoms with E-state index in [4.69, 9.17) is 15.0 Å². The van der Waals surface area contributed by atoms with Gasteiger partial charge < -0.3 is 14.9 Å². The molecule has 3 N–H and O–H groups in total. The van der Waals surface area contributed by atoms with Crippen LogP contribution in [0.15, 0.2) is 33.0 Å². The first-order valence-electron chi connectivity index (χ1n) is 13.7. The largest absolute Gasteiger partial charge is 0.493 e. The number of hydrogen-bond donors (Lipinski definition) is 3. The molecule has 1 fully saturated rings. The molecular weight excluding hydrogens is 570 g/mol. The molecule has 1 saturated heterocycles. The third kappa shape index (κ3) is 6.39. The lowest BCUT2D eigenvalue weighted by molar-refractivity contribution is -0.975. The first-order chi connectivity index (χ1) is 20.1. The molecule has 0 amide bonds. The number of piperazine rings is 1. The maximum Gasteiger partial charge on any atom is 0.475 e. The zero-order chi connectivity index (χ0) is 30.4. The molecule has 0 saturated carbocycles. The van der Waals surface area contributed by atoms with Crippen LogP contribution in [-0.4, -0.2) is 99.9 Å². The van der Waals surface area contributed by atoms with Gasteiger partial charge in [0.05, 0.1) is 29.0 Å². The number of aromatic nitrogens is 3. The molecule has 4 rings (SSSR count). The minimum atomic E-state index is -3.92. The zero-order valence-corrected chi connectivity index (χ0v) is 24.6. The molecule has 0 atom stereocenters. The number of H-pyrrole nitrogens is 1. The summed E-state index contributed by atoms with van der Waals surface area (Å²) in [7, 11) is -3.92. The lowest BCUT2D eigenvalue weighted by atomic mass is 10.1. The van der Waals surface area contributed by atoms with Crippen molar-refractivity contribution in [3.05, 3.63) is 50.3 Å². The number of hydrogen-bond acceptors (Lipinski definition) is 10. The standard InChI is InChI=1S/C26H35N7O8S/c1-4-6-22-21(17-27-35)18(3)24-26(34)28-25(29-32(22)24)20-16-19(7-8-23(20)40-14-5-2)42(38,39)31-11-9-30(10-12-31)13-15-41-33(36)37/h7-8,16-17H,4-6,9-15H2,1-3H3,(H2-,28,29,34,35,36,37)/p+1/b27-17-. The molecule has 0 bridgehead atoms. The minimum Gasteiger partial charge on any atom is -0.493 e. The fourth-order valence-electron chi connectivity index (χ4n) is 5.03. The topological polar surface area (TPSA) is 182 Å². The molecule has 16 heteroatoms. The molecule has 1 aliphatic rings. The second-order valence-electron chi connectivity index (χ2n) is 9.87. The Kier molecular flexibility index (Phi) is 9.80. The van der Waals surface area contributed by atoms with E-state index in [0.717, 1.165) is 6.42 Å². The highest BCUT2D eigenvalue weighted by Gasteiger charge is 2.30. The van der Waals surface area contributed by atoms with E-state index in [0.29, 0.717) is 72.7 Å². The molecule has 2 aromatic heterocycles. The van der Waals surface area contributed by atoms with Gasteiger partial charge in [-0.25, -0.2) is 18.1 Å². The van der Waals surface area contributed by atoms with Gasteiger partial charge in [-0.2, -0.15) is 9.14 Å². The number of rotatable bonds is 13. The first kappa shape index (κ1) is 30.9. The van der Waals surface area contributed by atoms with E-state index in [9.17, 15) is 23.3 Å². The maximum absolute atomic E-state index is 13.7. The molecule has 0 radical (unpaired) electrons. The maximum atomic E-state index is 13.7. The summed E-state index contributed by atoms with van der Waals surface area (Å²) in [6, 6.07) is 4.50. The summed E-state index contributed by atoms with van der Waals surface area (Å²) in [6.07, 6.45) is 3.31. The van der Waals surface area contributed by atoms with Gasteiger partial charge in [0, 0.05) is 38.3 Å². The van der Waals surface area contributed by atoms with Crippen LogP contribution in [0.25, 0.3) is 16.9 Å². The van der Waals surface area contributed by atoms with Gasteiger partial charge in [0.2, 0.25) is 10.0 Å². The van der Waals surface area contributed by atoms with Gasteiger partial charge in [0.25, 0.3) is 5.56 Å². The summed E-state index contributed by atoms with van der Waals surface area (Å²) in [5, 5.41) is 25.1. The van der Waals surface area contributed by atoms with Crippen LogP contribution in [-0.2, 0) is 21.3 Å². The van der Waals surface area contributed by atoms with E-state index in [1.54, 1.807) is 13.0 Å². The van der Waals surface area contributed by atoms with Gasteiger partial charge in [-0.15, -0.1) is 5.10 Å². The second kappa shape index (κ2) is 13.3. The summed E-state index contributed by atoms with van der Waals surface area (Å²) in [4.78, 5) is 33.1. The van der Waals surface area contributed by atoms with Crippen LogP contribution in [0.2, 0.25) is 0 Å². The normalized spacial score (nSPS) is 15.0.